The van der Waals surface area contributed by atoms with Crippen LogP contribution < -0.4 is 0 Å². The molecule has 2 aromatic rings. The lowest BCUT2D eigenvalue weighted by Gasteiger charge is -1.99. The third-order valence-electron chi connectivity index (χ3n) is 2.35. The Balaban J connectivity index is 2.29. The second-order valence-electron chi connectivity index (χ2n) is 3.90. The number of benzene rings is 2. The van der Waals surface area contributed by atoms with Crippen LogP contribution in [0.4, 0.5) is 11.4 Å². The molecule has 0 aromatic heterocycles. The largest absolute Gasteiger partial charge is 0.478 e. The van der Waals surface area contributed by atoms with E-state index in [4.69, 9.17) is 5.11 Å². The Hall–Kier alpha value is -2.49. The quantitative estimate of drug-likeness (QED) is 0.820. The van der Waals surface area contributed by atoms with Gasteiger partial charge in [0.15, 0.2) is 0 Å². The molecular formula is C14H12N2O2. The van der Waals surface area contributed by atoms with Crippen LogP contribution in [0.5, 0.6) is 0 Å². The third kappa shape index (κ3) is 3.01. The monoisotopic (exact) mass is 240 g/mol. The van der Waals surface area contributed by atoms with Crippen molar-refractivity contribution in [3.8, 4) is 0 Å². The van der Waals surface area contributed by atoms with Gasteiger partial charge in [0.25, 0.3) is 0 Å². The van der Waals surface area contributed by atoms with Gasteiger partial charge < -0.3 is 5.11 Å². The van der Waals surface area contributed by atoms with Crippen LogP contribution >= 0.6 is 0 Å². The van der Waals surface area contributed by atoms with E-state index in [-0.39, 0.29) is 5.56 Å². The molecule has 0 spiro atoms. The Kier molecular flexibility index (Phi) is 3.48. The van der Waals surface area contributed by atoms with Crippen LogP contribution in [0, 0.1) is 6.92 Å². The van der Waals surface area contributed by atoms with Crippen molar-refractivity contribution in [3.63, 3.8) is 0 Å². The van der Waals surface area contributed by atoms with Crippen LogP contribution in [0.2, 0.25) is 0 Å². The molecule has 2 rings (SSSR count). The lowest BCUT2D eigenvalue weighted by atomic mass is 10.1. The molecule has 0 heterocycles. The summed E-state index contributed by atoms with van der Waals surface area (Å²) in [4.78, 5) is 10.9. The minimum atomic E-state index is -0.963. The van der Waals surface area contributed by atoms with Gasteiger partial charge in [-0.25, -0.2) is 4.79 Å². The van der Waals surface area contributed by atoms with Crippen LogP contribution in [-0.4, -0.2) is 11.1 Å². The van der Waals surface area contributed by atoms with Crippen molar-refractivity contribution in [2.45, 2.75) is 6.92 Å². The van der Waals surface area contributed by atoms with E-state index in [2.05, 4.69) is 10.2 Å². The van der Waals surface area contributed by atoms with E-state index in [1.807, 2.05) is 37.3 Å². The zero-order chi connectivity index (χ0) is 13.0. The number of carbonyl (C=O) groups is 1. The lowest BCUT2D eigenvalue weighted by Crippen LogP contribution is -1.95. The molecule has 0 unspecified atom stereocenters. The summed E-state index contributed by atoms with van der Waals surface area (Å²) >= 11 is 0. The standard InChI is InChI=1S/C14H12N2O2/c1-10-7-11(14(17)18)9-13(8-10)16-15-12-5-3-2-4-6-12/h2-9H,1H3,(H,17,18)/b16-15+. The highest BCUT2D eigenvalue weighted by atomic mass is 16.4. The number of carboxylic acids is 1. The molecular weight excluding hydrogens is 228 g/mol. The molecule has 0 aliphatic heterocycles. The average molecular weight is 240 g/mol. The molecule has 2 aromatic carbocycles. The number of hydrogen-bond acceptors (Lipinski definition) is 3. The van der Waals surface area contributed by atoms with Crippen molar-refractivity contribution >= 4 is 17.3 Å². The van der Waals surface area contributed by atoms with Gasteiger partial charge in [-0.1, -0.05) is 18.2 Å². The third-order valence-corrected chi connectivity index (χ3v) is 2.35. The van der Waals surface area contributed by atoms with Gasteiger partial charge in [0.1, 0.15) is 0 Å². The second kappa shape index (κ2) is 5.23. The van der Waals surface area contributed by atoms with Crippen molar-refractivity contribution in [3.05, 3.63) is 59.7 Å². The maximum Gasteiger partial charge on any atom is 0.335 e. The molecule has 90 valence electrons. The number of aromatic carboxylic acids is 1. The molecule has 0 aliphatic carbocycles. The van der Waals surface area contributed by atoms with Crippen molar-refractivity contribution in [2.24, 2.45) is 10.2 Å². The maximum absolute atomic E-state index is 10.9. The highest BCUT2D eigenvalue weighted by molar-refractivity contribution is 5.88. The summed E-state index contributed by atoms with van der Waals surface area (Å²) in [6.45, 7) is 1.83. The van der Waals surface area contributed by atoms with E-state index in [1.165, 1.54) is 6.07 Å². The smallest absolute Gasteiger partial charge is 0.335 e. The lowest BCUT2D eigenvalue weighted by molar-refractivity contribution is 0.0697. The Bertz CT molecular complexity index is 592. The summed E-state index contributed by atoms with van der Waals surface area (Å²) in [6, 6.07) is 14.2. The number of azo groups is 1. The first kappa shape index (κ1) is 12.0. The van der Waals surface area contributed by atoms with Gasteiger partial charge in [0.2, 0.25) is 0 Å². The summed E-state index contributed by atoms with van der Waals surface area (Å²) in [7, 11) is 0. The molecule has 0 aliphatic rings. The van der Waals surface area contributed by atoms with Crippen LogP contribution in [0.3, 0.4) is 0 Å². The van der Waals surface area contributed by atoms with Crippen LogP contribution in [0.1, 0.15) is 15.9 Å². The Morgan fingerprint density at radius 3 is 2.33 bits per heavy atom. The van der Waals surface area contributed by atoms with Crippen LogP contribution in [-0.2, 0) is 0 Å². The number of carboxylic acid groups (broad SMARTS) is 1. The Morgan fingerprint density at radius 1 is 1.00 bits per heavy atom. The first-order valence-electron chi connectivity index (χ1n) is 5.47. The number of nitrogens with zero attached hydrogens (tertiary/aromatic N) is 2. The van der Waals surface area contributed by atoms with Crippen molar-refractivity contribution in [1.82, 2.24) is 0 Å². The van der Waals surface area contributed by atoms with Gasteiger partial charge in [-0.3, -0.25) is 0 Å². The zero-order valence-electron chi connectivity index (χ0n) is 9.87. The van der Waals surface area contributed by atoms with E-state index in [0.717, 1.165) is 11.3 Å². The molecule has 0 saturated carbocycles. The van der Waals surface area contributed by atoms with E-state index in [0.29, 0.717) is 5.69 Å². The SMILES string of the molecule is Cc1cc(/N=N/c2ccccc2)cc(C(=O)O)c1. The van der Waals surface area contributed by atoms with Gasteiger partial charge in [0.05, 0.1) is 16.9 Å². The number of rotatable bonds is 3. The molecule has 0 fully saturated rings. The van der Waals surface area contributed by atoms with Gasteiger partial charge in [-0.15, -0.1) is 0 Å². The Labute approximate surface area is 105 Å². The average Bonchev–Trinajstić information content (AvgIpc) is 2.37. The summed E-state index contributed by atoms with van der Waals surface area (Å²) < 4.78 is 0. The van der Waals surface area contributed by atoms with Crippen molar-refractivity contribution < 1.29 is 9.90 Å². The maximum atomic E-state index is 10.9. The summed E-state index contributed by atoms with van der Waals surface area (Å²) in [5, 5.41) is 17.0. The van der Waals surface area contributed by atoms with Gasteiger partial charge >= 0.3 is 5.97 Å². The fourth-order valence-electron chi connectivity index (χ4n) is 1.55. The predicted molar refractivity (Wildman–Crippen MR) is 68.8 cm³/mol. The first-order valence-corrected chi connectivity index (χ1v) is 5.47. The van der Waals surface area contributed by atoms with Crippen LogP contribution in [0.25, 0.3) is 0 Å². The fraction of sp³-hybridized carbons (Fsp3) is 0.0714. The molecule has 0 atom stereocenters. The van der Waals surface area contributed by atoms with Crippen molar-refractivity contribution in [2.75, 3.05) is 0 Å². The predicted octanol–water partition coefficient (Wildman–Crippen LogP) is 4.11. The molecule has 0 radical (unpaired) electrons. The van der Waals surface area contributed by atoms with E-state index in [1.54, 1.807) is 12.1 Å². The van der Waals surface area contributed by atoms with Gasteiger partial charge in [-0.2, -0.15) is 10.2 Å². The summed E-state index contributed by atoms with van der Waals surface area (Å²) in [5.74, 6) is -0.963. The highest BCUT2D eigenvalue weighted by Gasteiger charge is 2.04. The molecule has 4 heteroatoms. The van der Waals surface area contributed by atoms with E-state index in [9.17, 15) is 4.79 Å². The molecule has 0 saturated heterocycles. The first-order chi connectivity index (χ1) is 8.65. The van der Waals surface area contributed by atoms with Gasteiger partial charge in [0, 0.05) is 0 Å². The molecule has 18 heavy (non-hydrogen) atoms. The van der Waals surface area contributed by atoms with E-state index < -0.39 is 5.97 Å². The number of aryl methyl sites for hydroxylation is 1. The number of hydrogen-bond donors (Lipinski definition) is 1. The molecule has 1 N–H and O–H groups in total. The fourth-order valence-corrected chi connectivity index (χ4v) is 1.55. The normalized spacial score (nSPS) is 10.7. The minimum absolute atomic E-state index is 0.219. The second-order valence-corrected chi connectivity index (χ2v) is 3.90. The summed E-state index contributed by atoms with van der Waals surface area (Å²) in [5.41, 5.74) is 2.33. The highest BCUT2D eigenvalue weighted by Crippen LogP contribution is 2.20. The molecule has 4 nitrogen and oxygen atoms in total. The van der Waals surface area contributed by atoms with Crippen LogP contribution in [0.15, 0.2) is 58.8 Å². The topological polar surface area (TPSA) is 62.0 Å². The summed E-state index contributed by atoms with van der Waals surface area (Å²) in [6.07, 6.45) is 0. The van der Waals surface area contributed by atoms with E-state index >= 15 is 0 Å². The molecule has 0 amide bonds. The van der Waals surface area contributed by atoms with Gasteiger partial charge in [-0.05, 0) is 42.8 Å². The Morgan fingerprint density at radius 2 is 1.67 bits per heavy atom. The minimum Gasteiger partial charge on any atom is -0.478 e. The zero-order valence-corrected chi connectivity index (χ0v) is 9.87. The van der Waals surface area contributed by atoms with Crippen molar-refractivity contribution in [1.29, 1.82) is 0 Å². The molecule has 0 bridgehead atoms.